The van der Waals surface area contributed by atoms with E-state index >= 15 is 0 Å². The van der Waals surface area contributed by atoms with Crippen LogP contribution >= 0.6 is 0 Å². The molecular formula is C13H19FN2O. The SMILES string of the molecule is CNC(C)(C)C(=O)N[C@H](C)c1cccc(F)c1. The minimum Gasteiger partial charge on any atom is -0.348 e. The second-order valence-electron chi connectivity index (χ2n) is 4.63. The van der Waals surface area contributed by atoms with Crippen molar-refractivity contribution in [2.75, 3.05) is 7.05 Å². The van der Waals surface area contributed by atoms with Gasteiger partial charge in [0.2, 0.25) is 5.91 Å². The van der Waals surface area contributed by atoms with Crippen molar-refractivity contribution in [1.82, 2.24) is 10.6 Å². The summed E-state index contributed by atoms with van der Waals surface area (Å²) in [4.78, 5) is 11.9. The van der Waals surface area contributed by atoms with E-state index in [1.165, 1.54) is 12.1 Å². The zero-order chi connectivity index (χ0) is 13.1. The van der Waals surface area contributed by atoms with E-state index in [1.807, 2.05) is 6.92 Å². The van der Waals surface area contributed by atoms with Gasteiger partial charge in [0.1, 0.15) is 5.82 Å². The smallest absolute Gasteiger partial charge is 0.240 e. The summed E-state index contributed by atoms with van der Waals surface area (Å²) < 4.78 is 13.0. The van der Waals surface area contributed by atoms with Gasteiger partial charge in [-0.05, 0) is 45.5 Å². The van der Waals surface area contributed by atoms with Gasteiger partial charge in [-0.1, -0.05) is 12.1 Å². The highest BCUT2D eigenvalue weighted by molar-refractivity contribution is 5.85. The lowest BCUT2D eigenvalue weighted by Crippen LogP contribution is -2.51. The molecule has 1 rings (SSSR count). The van der Waals surface area contributed by atoms with Crippen LogP contribution in [0.2, 0.25) is 0 Å². The summed E-state index contributed by atoms with van der Waals surface area (Å²) in [6.07, 6.45) is 0. The van der Waals surface area contributed by atoms with Crippen molar-refractivity contribution in [3.8, 4) is 0 Å². The lowest BCUT2D eigenvalue weighted by Gasteiger charge is -2.25. The molecule has 0 aliphatic heterocycles. The molecule has 94 valence electrons. The quantitative estimate of drug-likeness (QED) is 0.842. The summed E-state index contributed by atoms with van der Waals surface area (Å²) in [7, 11) is 1.73. The van der Waals surface area contributed by atoms with E-state index < -0.39 is 5.54 Å². The lowest BCUT2D eigenvalue weighted by molar-refractivity contribution is -0.126. The molecule has 0 aliphatic carbocycles. The molecule has 0 aliphatic rings. The van der Waals surface area contributed by atoms with Crippen molar-refractivity contribution < 1.29 is 9.18 Å². The molecule has 17 heavy (non-hydrogen) atoms. The topological polar surface area (TPSA) is 41.1 Å². The first-order chi connectivity index (χ1) is 7.86. The van der Waals surface area contributed by atoms with Gasteiger partial charge in [0.05, 0.1) is 11.6 Å². The molecule has 0 unspecified atom stereocenters. The number of halogens is 1. The number of likely N-dealkylation sites (N-methyl/N-ethyl adjacent to an activating group) is 1. The average Bonchev–Trinajstić information content (AvgIpc) is 2.28. The van der Waals surface area contributed by atoms with E-state index in [2.05, 4.69) is 10.6 Å². The fraction of sp³-hybridized carbons (Fsp3) is 0.462. The number of carbonyl (C=O) groups excluding carboxylic acids is 1. The molecule has 0 radical (unpaired) electrons. The molecule has 0 spiro atoms. The van der Waals surface area contributed by atoms with Gasteiger partial charge in [-0.25, -0.2) is 4.39 Å². The molecule has 2 N–H and O–H groups in total. The Morgan fingerprint density at radius 1 is 1.41 bits per heavy atom. The minimum absolute atomic E-state index is 0.114. The minimum atomic E-state index is -0.637. The summed E-state index contributed by atoms with van der Waals surface area (Å²) in [6, 6.07) is 6.02. The number of hydrogen-bond acceptors (Lipinski definition) is 2. The molecule has 1 aromatic rings. The number of benzene rings is 1. The Kier molecular flexibility index (Phi) is 4.23. The standard InChI is InChI=1S/C13H19FN2O/c1-9(10-6-5-7-11(14)8-10)16-12(17)13(2,3)15-4/h5-9,15H,1-4H3,(H,16,17)/t9-/m1/s1. The fourth-order valence-corrected chi connectivity index (χ4v) is 1.35. The van der Waals surface area contributed by atoms with Crippen LogP contribution in [0.4, 0.5) is 4.39 Å². The van der Waals surface area contributed by atoms with Crippen molar-refractivity contribution in [3.05, 3.63) is 35.6 Å². The molecule has 0 saturated carbocycles. The lowest BCUT2D eigenvalue weighted by atomic mass is 10.0. The van der Waals surface area contributed by atoms with Gasteiger partial charge in [0.15, 0.2) is 0 Å². The largest absolute Gasteiger partial charge is 0.348 e. The van der Waals surface area contributed by atoms with Crippen LogP contribution in [-0.2, 0) is 4.79 Å². The molecule has 0 fully saturated rings. The van der Waals surface area contributed by atoms with E-state index in [9.17, 15) is 9.18 Å². The molecule has 0 heterocycles. The molecule has 0 saturated heterocycles. The van der Waals surface area contributed by atoms with Crippen molar-refractivity contribution in [1.29, 1.82) is 0 Å². The fourth-order valence-electron chi connectivity index (χ4n) is 1.35. The number of carbonyl (C=O) groups is 1. The van der Waals surface area contributed by atoms with Crippen LogP contribution in [0.15, 0.2) is 24.3 Å². The maximum Gasteiger partial charge on any atom is 0.240 e. The van der Waals surface area contributed by atoms with Crippen molar-refractivity contribution >= 4 is 5.91 Å². The van der Waals surface area contributed by atoms with Crippen LogP contribution in [0.3, 0.4) is 0 Å². The Labute approximate surface area is 101 Å². The first-order valence-corrected chi connectivity index (χ1v) is 5.62. The highest BCUT2D eigenvalue weighted by Gasteiger charge is 2.26. The van der Waals surface area contributed by atoms with Gasteiger partial charge in [-0.2, -0.15) is 0 Å². The van der Waals surface area contributed by atoms with Crippen LogP contribution in [0.25, 0.3) is 0 Å². The summed E-state index contributed by atoms with van der Waals surface area (Å²) >= 11 is 0. The maximum absolute atomic E-state index is 13.0. The van der Waals surface area contributed by atoms with E-state index in [4.69, 9.17) is 0 Å². The van der Waals surface area contributed by atoms with E-state index in [0.29, 0.717) is 0 Å². The molecule has 3 nitrogen and oxygen atoms in total. The Balaban J connectivity index is 2.73. The summed E-state index contributed by atoms with van der Waals surface area (Å²) in [5.74, 6) is -0.409. The van der Waals surface area contributed by atoms with Crippen molar-refractivity contribution in [2.45, 2.75) is 32.4 Å². The summed E-state index contributed by atoms with van der Waals surface area (Å²) in [5.41, 5.74) is 0.118. The van der Waals surface area contributed by atoms with Crippen LogP contribution in [0.1, 0.15) is 32.4 Å². The van der Waals surface area contributed by atoms with E-state index in [0.717, 1.165) is 5.56 Å². The highest BCUT2D eigenvalue weighted by atomic mass is 19.1. The molecular weight excluding hydrogens is 219 g/mol. The molecule has 4 heteroatoms. The second-order valence-corrected chi connectivity index (χ2v) is 4.63. The molecule has 1 amide bonds. The Morgan fingerprint density at radius 3 is 2.59 bits per heavy atom. The normalized spacial score (nSPS) is 13.2. The Morgan fingerprint density at radius 2 is 2.06 bits per heavy atom. The predicted molar refractivity (Wildman–Crippen MR) is 66.1 cm³/mol. The van der Waals surface area contributed by atoms with Crippen molar-refractivity contribution in [3.63, 3.8) is 0 Å². The third kappa shape index (κ3) is 3.53. The Bertz CT molecular complexity index is 404. The number of hydrogen-bond donors (Lipinski definition) is 2. The van der Waals surface area contributed by atoms with Crippen LogP contribution < -0.4 is 10.6 Å². The van der Waals surface area contributed by atoms with Gasteiger partial charge >= 0.3 is 0 Å². The molecule has 0 bridgehead atoms. The van der Waals surface area contributed by atoms with Gasteiger partial charge in [0, 0.05) is 0 Å². The monoisotopic (exact) mass is 238 g/mol. The molecule has 1 aromatic carbocycles. The number of nitrogens with one attached hydrogen (secondary N) is 2. The molecule has 1 atom stereocenters. The van der Waals surface area contributed by atoms with Gasteiger partial charge in [-0.3, -0.25) is 4.79 Å². The zero-order valence-electron chi connectivity index (χ0n) is 10.7. The van der Waals surface area contributed by atoms with Crippen LogP contribution in [0.5, 0.6) is 0 Å². The predicted octanol–water partition coefficient (Wildman–Crippen LogP) is 2.00. The maximum atomic E-state index is 13.0. The van der Waals surface area contributed by atoms with Gasteiger partial charge in [0.25, 0.3) is 0 Å². The van der Waals surface area contributed by atoms with Crippen molar-refractivity contribution in [2.24, 2.45) is 0 Å². The van der Waals surface area contributed by atoms with E-state index in [-0.39, 0.29) is 17.8 Å². The summed E-state index contributed by atoms with van der Waals surface area (Å²) in [6.45, 7) is 5.42. The van der Waals surface area contributed by atoms with Crippen LogP contribution in [0, 0.1) is 5.82 Å². The summed E-state index contributed by atoms with van der Waals surface area (Å²) in [5, 5.41) is 5.77. The Hall–Kier alpha value is -1.42. The van der Waals surface area contributed by atoms with Gasteiger partial charge < -0.3 is 10.6 Å². The third-order valence-electron chi connectivity index (χ3n) is 2.89. The van der Waals surface area contributed by atoms with Crippen LogP contribution in [-0.4, -0.2) is 18.5 Å². The first kappa shape index (κ1) is 13.6. The number of rotatable bonds is 4. The first-order valence-electron chi connectivity index (χ1n) is 5.62. The highest BCUT2D eigenvalue weighted by Crippen LogP contribution is 2.14. The van der Waals surface area contributed by atoms with Gasteiger partial charge in [-0.15, -0.1) is 0 Å². The average molecular weight is 238 g/mol. The number of amides is 1. The second kappa shape index (κ2) is 5.27. The van der Waals surface area contributed by atoms with E-state index in [1.54, 1.807) is 33.0 Å². The zero-order valence-corrected chi connectivity index (χ0v) is 10.7. The molecule has 0 aromatic heterocycles. The third-order valence-corrected chi connectivity index (χ3v) is 2.89.